The molecule has 2 aromatic carbocycles. The lowest BCUT2D eigenvalue weighted by Gasteiger charge is -2.10. The molecule has 2 rings (SSSR count). The largest absolute Gasteiger partial charge is 0.493 e. The average molecular weight is 393 g/mol. The molecule has 0 radical (unpaired) electrons. The fourth-order valence-electron chi connectivity index (χ4n) is 1.72. The number of benzene rings is 2. The van der Waals surface area contributed by atoms with Gasteiger partial charge in [0.15, 0.2) is 23.9 Å². The van der Waals surface area contributed by atoms with E-state index in [4.69, 9.17) is 14.7 Å². The van der Waals surface area contributed by atoms with E-state index in [9.17, 15) is 4.79 Å². The Hall–Kier alpha value is -2.07. The molecule has 0 saturated heterocycles. The van der Waals surface area contributed by atoms with Crippen molar-refractivity contribution in [1.82, 2.24) is 0 Å². The van der Waals surface area contributed by atoms with E-state index >= 15 is 0 Å². The van der Waals surface area contributed by atoms with Gasteiger partial charge in [-0.2, -0.15) is 5.26 Å². The molecule has 4 nitrogen and oxygen atoms in total. The van der Waals surface area contributed by atoms with Crippen LogP contribution in [0.25, 0.3) is 0 Å². The molecule has 2 aromatic rings. The van der Waals surface area contributed by atoms with E-state index in [-0.39, 0.29) is 12.4 Å². The van der Waals surface area contributed by atoms with Crippen molar-refractivity contribution in [3.8, 4) is 17.6 Å². The van der Waals surface area contributed by atoms with E-state index in [1.54, 1.807) is 30.3 Å². The van der Waals surface area contributed by atoms with Crippen molar-refractivity contribution in [3.05, 3.63) is 57.2 Å². The second-order valence-electron chi connectivity index (χ2n) is 4.20. The number of carbonyl (C=O) groups excluding carboxylic acids is 1. The number of ether oxygens (including phenoxy) is 2. The van der Waals surface area contributed by atoms with E-state index in [0.717, 1.165) is 3.57 Å². The second kappa shape index (κ2) is 7.09. The number of rotatable bonds is 5. The summed E-state index contributed by atoms with van der Waals surface area (Å²) in [4.78, 5) is 12.0. The molecule has 0 bridgehead atoms. The van der Waals surface area contributed by atoms with Crippen molar-refractivity contribution in [3.63, 3.8) is 0 Å². The van der Waals surface area contributed by atoms with Crippen molar-refractivity contribution in [1.29, 1.82) is 5.26 Å². The van der Waals surface area contributed by atoms with Crippen LogP contribution in [0, 0.1) is 14.9 Å². The Labute approximate surface area is 136 Å². The molecule has 0 aliphatic rings. The molecule has 0 atom stereocenters. The number of methoxy groups -OCH3 is 1. The van der Waals surface area contributed by atoms with E-state index in [0.29, 0.717) is 22.6 Å². The molecular formula is C16H12INO3. The number of Topliss-reactive ketones (excluding diaryl/α,β-unsaturated/α-hetero) is 1. The maximum absolute atomic E-state index is 12.0. The van der Waals surface area contributed by atoms with Gasteiger partial charge in [0.1, 0.15) is 0 Å². The zero-order valence-electron chi connectivity index (χ0n) is 11.3. The van der Waals surface area contributed by atoms with Gasteiger partial charge >= 0.3 is 0 Å². The first-order valence-electron chi connectivity index (χ1n) is 6.13. The van der Waals surface area contributed by atoms with Crippen molar-refractivity contribution in [2.75, 3.05) is 13.7 Å². The minimum atomic E-state index is -0.113. The van der Waals surface area contributed by atoms with Crippen LogP contribution in [0.15, 0.2) is 42.5 Å². The molecular weight excluding hydrogens is 381 g/mol. The molecule has 0 N–H and O–H groups in total. The Morgan fingerprint density at radius 3 is 2.52 bits per heavy atom. The minimum absolute atomic E-state index is 0.0805. The van der Waals surface area contributed by atoms with Crippen LogP contribution < -0.4 is 9.47 Å². The van der Waals surface area contributed by atoms with E-state index in [2.05, 4.69) is 22.6 Å². The van der Waals surface area contributed by atoms with Crippen LogP contribution in [-0.2, 0) is 0 Å². The predicted octanol–water partition coefficient (Wildman–Crippen LogP) is 3.43. The highest BCUT2D eigenvalue weighted by atomic mass is 127. The molecule has 0 heterocycles. The smallest absolute Gasteiger partial charge is 0.200 e. The molecule has 0 amide bonds. The van der Waals surface area contributed by atoms with Gasteiger partial charge in [-0.25, -0.2) is 0 Å². The summed E-state index contributed by atoms with van der Waals surface area (Å²) in [5.41, 5.74) is 1.08. The quantitative estimate of drug-likeness (QED) is 0.577. The molecule has 0 aliphatic heterocycles. The predicted molar refractivity (Wildman–Crippen MR) is 86.7 cm³/mol. The molecule has 21 heavy (non-hydrogen) atoms. The van der Waals surface area contributed by atoms with Crippen LogP contribution in [0.2, 0.25) is 0 Å². The number of hydrogen-bond acceptors (Lipinski definition) is 4. The highest BCUT2D eigenvalue weighted by molar-refractivity contribution is 14.1. The Kier molecular flexibility index (Phi) is 5.17. The SMILES string of the molecule is COc1cc(C#N)ccc1OCC(=O)c1ccc(I)cc1. The van der Waals surface area contributed by atoms with Crippen LogP contribution in [0.1, 0.15) is 15.9 Å². The van der Waals surface area contributed by atoms with Crippen LogP contribution in [-0.4, -0.2) is 19.5 Å². The van der Waals surface area contributed by atoms with Gasteiger partial charge in [-0.3, -0.25) is 4.79 Å². The first-order valence-corrected chi connectivity index (χ1v) is 7.21. The summed E-state index contributed by atoms with van der Waals surface area (Å²) in [5, 5.41) is 8.84. The summed E-state index contributed by atoms with van der Waals surface area (Å²) < 4.78 is 11.7. The first kappa shape index (κ1) is 15.3. The van der Waals surface area contributed by atoms with Crippen LogP contribution >= 0.6 is 22.6 Å². The molecule has 106 valence electrons. The number of nitrogens with zero attached hydrogens (tertiary/aromatic N) is 1. The molecule has 0 saturated carbocycles. The lowest BCUT2D eigenvalue weighted by atomic mass is 10.1. The summed E-state index contributed by atoms with van der Waals surface area (Å²) in [6.07, 6.45) is 0. The maximum Gasteiger partial charge on any atom is 0.200 e. The number of halogens is 1. The molecule has 5 heteroatoms. The fourth-order valence-corrected chi connectivity index (χ4v) is 2.08. The summed E-state index contributed by atoms with van der Waals surface area (Å²) in [6.45, 7) is -0.0805. The molecule has 0 unspecified atom stereocenters. The fraction of sp³-hybridized carbons (Fsp3) is 0.125. The van der Waals surface area contributed by atoms with Gasteiger partial charge in [0.2, 0.25) is 0 Å². The Morgan fingerprint density at radius 2 is 1.90 bits per heavy atom. The second-order valence-corrected chi connectivity index (χ2v) is 5.44. The third kappa shape index (κ3) is 3.95. The normalized spacial score (nSPS) is 9.76. The summed E-state index contributed by atoms with van der Waals surface area (Å²) in [6, 6.07) is 14.1. The van der Waals surface area contributed by atoms with Gasteiger partial charge in [-0.1, -0.05) is 12.1 Å². The third-order valence-corrected chi connectivity index (χ3v) is 3.54. The molecule has 0 aromatic heterocycles. The summed E-state index contributed by atoms with van der Waals surface area (Å²) in [5.74, 6) is 0.762. The lowest BCUT2D eigenvalue weighted by Crippen LogP contribution is -2.12. The lowest BCUT2D eigenvalue weighted by molar-refractivity contribution is 0.0919. The van der Waals surface area contributed by atoms with Gasteiger partial charge in [-0.05, 0) is 46.9 Å². The summed E-state index contributed by atoms with van der Waals surface area (Å²) >= 11 is 2.18. The topological polar surface area (TPSA) is 59.3 Å². The van der Waals surface area contributed by atoms with Crippen LogP contribution in [0.5, 0.6) is 11.5 Å². The molecule has 0 aliphatic carbocycles. The number of carbonyl (C=O) groups is 1. The van der Waals surface area contributed by atoms with Gasteiger partial charge in [-0.15, -0.1) is 0 Å². The monoisotopic (exact) mass is 393 g/mol. The Morgan fingerprint density at radius 1 is 1.19 bits per heavy atom. The Bertz CT molecular complexity index is 690. The number of nitriles is 1. The standard InChI is InChI=1S/C16H12INO3/c1-20-16-8-11(9-18)2-7-15(16)21-10-14(19)12-3-5-13(17)6-4-12/h2-8H,10H2,1H3. The summed E-state index contributed by atoms with van der Waals surface area (Å²) in [7, 11) is 1.49. The van der Waals surface area contributed by atoms with Crippen LogP contribution in [0.4, 0.5) is 0 Å². The van der Waals surface area contributed by atoms with Gasteiger partial charge in [0, 0.05) is 15.2 Å². The Balaban J connectivity index is 2.07. The number of hydrogen-bond donors (Lipinski definition) is 0. The van der Waals surface area contributed by atoms with Crippen molar-refractivity contribution < 1.29 is 14.3 Å². The van der Waals surface area contributed by atoms with Crippen molar-refractivity contribution >= 4 is 28.4 Å². The zero-order valence-corrected chi connectivity index (χ0v) is 13.5. The molecule has 0 spiro atoms. The van der Waals surface area contributed by atoms with E-state index in [1.807, 2.05) is 18.2 Å². The third-order valence-electron chi connectivity index (χ3n) is 2.82. The van der Waals surface area contributed by atoms with Gasteiger partial charge in [0.05, 0.1) is 18.7 Å². The highest BCUT2D eigenvalue weighted by Gasteiger charge is 2.10. The first-order chi connectivity index (χ1) is 10.1. The highest BCUT2D eigenvalue weighted by Crippen LogP contribution is 2.27. The van der Waals surface area contributed by atoms with Gasteiger partial charge in [0.25, 0.3) is 0 Å². The van der Waals surface area contributed by atoms with Crippen LogP contribution in [0.3, 0.4) is 0 Å². The average Bonchev–Trinajstić information content (AvgIpc) is 2.53. The molecule has 0 fully saturated rings. The van der Waals surface area contributed by atoms with Crippen molar-refractivity contribution in [2.24, 2.45) is 0 Å². The van der Waals surface area contributed by atoms with E-state index in [1.165, 1.54) is 7.11 Å². The van der Waals surface area contributed by atoms with Crippen molar-refractivity contribution in [2.45, 2.75) is 0 Å². The minimum Gasteiger partial charge on any atom is -0.493 e. The zero-order chi connectivity index (χ0) is 15.2. The van der Waals surface area contributed by atoms with Gasteiger partial charge < -0.3 is 9.47 Å². The van der Waals surface area contributed by atoms with E-state index < -0.39 is 0 Å². The maximum atomic E-state index is 12.0. The number of ketones is 1.